The molecule has 1 aliphatic carbocycles. The smallest absolute Gasteiger partial charge is 0.328 e. The topological polar surface area (TPSA) is 63.6 Å². The molecule has 0 heterocycles. The molecule has 5 heteroatoms. The summed E-state index contributed by atoms with van der Waals surface area (Å²) in [7, 11) is 0. The van der Waals surface area contributed by atoms with Crippen molar-refractivity contribution in [2.75, 3.05) is 0 Å². The van der Waals surface area contributed by atoms with Gasteiger partial charge in [-0.3, -0.25) is 9.59 Å². The second-order valence-corrected chi connectivity index (χ2v) is 8.73. The van der Waals surface area contributed by atoms with Gasteiger partial charge in [0.05, 0.1) is 0 Å². The Labute approximate surface area is 202 Å². The van der Waals surface area contributed by atoms with Crippen LogP contribution >= 0.6 is 0 Å². The summed E-state index contributed by atoms with van der Waals surface area (Å²) in [5.41, 5.74) is 3.13. The van der Waals surface area contributed by atoms with Crippen molar-refractivity contribution in [2.45, 2.75) is 19.3 Å². The summed E-state index contributed by atoms with van der Waals surface area (Å²) in [5.74, 6) is -1.92. The van der Waals surface area contributed by atoms with E-state index in [0.29, 0.717) is 12.0 Å². The summed E-state index contributed by atoms with van der Waals surface area (Å²) < 4.78 is 20.7. The van der Waals surface area contributed by atoms with Gasteiger partial charge in [0.25, 0.3) is 0 Å². The van der Waals surface area contributed by atoms with Gasteiger partial charge in [0, 0.05) is 11.1 Å². The molecule has 5 rings (SSSR count). The van der Waals surface area contributed by atoms with E-state index in [1.165, 1.54) is 6.07 Å². The lowest BCUT2D eigenvalue weighted by Gasteiger charge is -2.34. The van der Waals surface area contributed by atoms with Crippen molar-refractivity contribution < 1.29 is 23.8 Å². The second kappa shape index (κ2) is 9.18. The average Bonchev–Trinajstić information content (AvgIpc) is 2.84. The predicted molar refractivity (Wildman–Crippen MR) is 132 cm³/mol. The summed E-state index contributed by atoms with van der Waals surface area (Å²) in [6.07, 6.45) is 1.27. The first kappa shape index (κ1) is 22.5. The highest BCUT2D eigenvalue weighted by Crippen LogP contribution is 2.44. The maximum Gasteiger partial charge on any atom is 0.328 e. The molecule has 35 heavy (non-hydrogen) atoms. The third-order valence-electron chi connectivity index (χ3n) is 6.66. The zero-order valence-electron chi connectivity index (χ0n) is 18.9. The van der Waals surface area contributed by atoms with Crippen LogP contribution < -0.4 is 4.74 Å². The Morgan fingerprint density at radius 2 is 1.29 bits per heavy atom. The Morgan fingerprint density at radius 3 is 1.80 bits per heavy atom. The minimum absolute atomic E-state index is 0.276. The van der Waals surface area contributed by atoms with Crippen LogP contribution in [0.2, 0.25) is 0 Å². The number of carboxylic acid groups (broad SMARTS) is 1. The van der Waals surface area contributed by atoms with Gasteiger partial charge in [-0.05, 0) is 59.7 Å². The number of carbonyl (C=O) groups excluding carboxylic acids is 1. The van der Waals surface area contributed by atoms with Gasteiger partial charge >= 0.3 is 11.9 Å². The lowest BCUT2D eigenvalue weighted by atomic mass is 9.69. The molecule has 0 atom stereocenters. The Morgan fingerprint density at radius 1 is 0.714 bits per heavy atom. The van der Waals surface area contributed by atoms with Crippen LogP contribution in [0.15, 0.2) is 97.1 Å². The molecule has 0 amide bonds. The van der Waals surface area contributed by atoms with Gasteiger partial charge in [-0.2, -0.15) is 0 Å². The van der Waals surface area contributed by atoms with E-state index in [0.717, 1.165) is 27.8 Å². The fourth-order valence-electron chi connectivity index (χ4n) is 4.55. The quantitative estimate of drug-likeness (QED) is 0.189. The number of carboxylic acids is 1. The third kappa shape index (κ3) is 4.10. The van der Waals surface area contributed by atoms with Crippen molar-refractivity contribution in [2.24, 2.45) is 5.41 Å². The number of hydrogen-bond acceptors (Lipinski definition) is 3. The standard InChI is InChI=1S/C30H23FO4/c31-25-17-16-24(26(21-8-3-1-4-9-21)27(25)22-10-5-2-6-11-22)20-12-14-23(15-13-20)35-29(34)30(28(32)33)18-7-19-30/h1-6,8-17H,7,18-19H2,(H,32,33). The summed E-state index contributed by atoms with van der Waals surface area (Å²) in [6, 6.07) is 29.2. The molecule has 1 N–H and O–H groups in total. The van der Waals surface area contributed by atoms with E-state index in [9.17, 15) is 14.7 Å². The van der Waals surface area contributed by atoms with Crippen LogP contribution in [-0.2, 0) is 9.59 Å². The first-order valence-corrected chi connectivity index (χ1v) is 11.5. The van der Waals surface area contributed by atoms with E-state index in [4.69, 9.17) is 4.74 Å². The molecule has 0 aromatic heterocycles. The van der Waals surface area contributed by atoms with Crippen LogP contribution in [0.1, 0.15) is 19.3 Å². The molecule has 0 bridgehead atoms. The summed E-state index contributed by atoms with van der Waals surface area (Å²) >= 11 is 0. The van der Waals surface area contributed by atoms with Gasteiger partial charge in [0.2, 0.25) is 0 Å². The van der Waals surface area contributed by atoms with Crippen LogP contribution in [0, 0.1) is 11.2 Å². The minimum atomic E-state index is -1.44. The predicted octanol–water partition coefficient (Wildman–Crippen LogP) is 6.99. The Bertz CT molecular complexity index is 1380. The molecule has 0 spiro atoms. The van der Waals surface area contributed by atoms with Gasteiger partial charge in [0.15, 0.2) is 5.41 Å². The molecule has 4 aromatic rings. The maximum absolute atomic E-state index is 15.2. The first-order chi connectivity index (χ1) is 17.0. The number of rotatable bonds is 6. The van der Waals surface area contributed by atoms with Crippen molar-refractivity contribution in [1.82, 2.24) is 0 Å². The molecule has 0 unspecified atom stereocenters. The zero-order valence-corrected chi connectivity index (χ0v) is 18.9. The zero-order chi connectivity index (χ0) is 24.4. The Balaban J connectivity index is 1.55. The van der Waals surface area contributed by atoms with Crippen LogP contribution in [0.5, 0.6) is 5.75 Å². The highest BCUT2D eigenvalue weighted by Gasteiger charge is 2.53. The van der Waals surface area contributed by atoms with Gasteiger partial charge in [0.1, 0.15) is 11.6 Å². The van der Waals surface area contributed by atoms with Gasteiger partial charge in [-0.15, -0.1) is 0 Å². The molecule has 0 saturated heterocycles. The molecule has 0 aliphatic heterocycles. The molecule has 174 valence electrons. The summed E-state index contributed by atoms with van der Waals surface area (Å²) in [6.45, 7) is 0. The molecule has 4 aromatic carbocycles. The van der Waals surface area contributed by atoms with Crippen LogP contribution in [0.25, 0.3) is 33.4 Å². The van der Waals surface area contributed by atoms with Crippen molar-refractivity contribution in [3.63, 3.8) is 0 Å². The summed E-state index contributed by atoms with van der Waals surface area (Å²) in [4.78, 5) is 24.1. The number of benzene rings is 4. The van der Waals surface area contributed by atoms with Crippen LogP contribution in [0.3, 0.4) is 0 Å². The second-order valence-electron chi connectivity index (χ2n) is 8.73. The van der Waals surface area contributed by atoms with E-state index in [2.05, 4.69) is 0 Å². The largest absolute Gasteiger partial charge is 0.480 e. The molecular formula is C30H23FO4. The number of halogens is 1. The molecule has 1 fully saturated rings. The SMILES string of the molecule is O=C(O)C1(C(=O)Oc2ccc(-c3ccc(F)c(-c4ccccc4)c3-c3ccccc3)cc2)CCC1. The van der Waals surface area contributed by atoms with E-state index in [1.807, 2.05) is 60.7 Å². The highest BCUT2D eigenvalue weighted by molar-refractivity contribution is 6.01. The van der Waals surface area contributed by atoms with Gasteiger partial charge in [-0.25, -0.2) is 4.39 Å². The Kier molecular flexibility index (Phi) is 5.91. The molecule has 4 nitrogen and oxygen atoms in total. The van der Waals surface area contributed by atoms with Crippen molar-refractivity contribution in [1.29, 1.82) is 0 Å². The molecule has 1 aliphatic rings. The number of ether oxygens (including phenoxy) is 1. The fraction of sp³-hybridized carbons (Fsp3) is 0.133. The van der Waals surface area contributed by atoms with E-state index < -0.39 is 17.4 Å². The van der Waals surface area contributed by atoms with Crippen molar-refractivity contribution in [3.8, 4) is 39.1 Å². The monoisotopic (exact) mass is 466 g/mol. The van der Waals surface area contributed by atoms with E-state index >= 15 is 4.39 Å². The number of hydrogen-bond donors (Lipinski definition) is 1. The lowest BCUT2D eigenvalue weighted by Crippen LogP contribution is -2.47. The number of carbonyl (C=O) groups is 2. The lowest BCUT2D eigenvalue weighted by molar-refractivity contribution is -0.169. The normalized spacial score (nSPS) is 14.1. The highest BCUT2D eigenvalue weighted by atomic mass is 19.1. The number of esters is 1. The summed E-state index contributed by atoms with van der Waals surface area (Å²) in [5, 5.41) is 9.47. The van der Waals surface area contributed by atoms with E-state index in [-0.39, 0.29) is 24.4 Å². The fourth-order valence-corrected chi connectivity index (χ4v) is 4.55. The molecule has 1 saturated carbocycles. The molecule has 0 radical (unpaired) electrons. The van der Waals surface area contributed by atoms with E-state index in [1.54, 1.807) is 30.3 Å². The van der Waals surface area contributed by atoms with Crippen LogP contribution in [-0.4, -0.2) is 17.0 Å². The van der Waals surface area contributed by atoms with Gasteiger partial charge < -0.3 is 9.84 Å². The van der Waals surface area contributed by atoms with Crippen molar-refractivity contribution >= 4 is 11.9 Å². The van der Waals surface area contributed by atoms with Gasteiger partial charge in [-0.1, -0.05) is 78.9 Å². The third-order valence-corrected chi connectivity index (χ3v) is 6.66. The Hall–Kier alpha value is -4.25. The first-order valence-electron chi connectivity index (χ1n) is 11.5. The minimum Gasteiger partial charge on any atom is -0.480 e. The van der Waals surface area contributed by atoms with Crippen molar-refractivity contribution in [3.05, 3.63) is 103 Å². The van der Waals surface area contributed by atoms with Crippen LogP contribution in [0.4, 0.5) is 4.39 Å². The molecular weight excluding hydrogens is 443 g/mol. The number of aliphatic carboxylic acids is 1. The average molecular weight is 467 g/mol. The maximum atomic E-state index is 15.2.